The topological polar surface area (TPSA) is 46.5 Å². The van der Waals surface area contributed by atoms with Gasteiger partial charge in [0.2, 0.25) is 0 Å². The first-order valence-corrected chi connectivity index (χ1v) is 11.8. The van der Waals surface area contributed by atoms with E-state index in [-0.39, 0.29) is 0 Å². The monoisotopic (exact) mass is 418 g/mol. The number of benzene rings is 1. The fourth-order valence-corrected chi connectivity index (χ4v) is 4.85. The molecule has 0 aliphatic rings. The number of nitrogens with one attached hydrogen (secondary N) is 1. The Kier molecular flexibility index (Phi) is 7.14. The molecular weight excluding hydrogens is 388 g/mol. The minimum atomic E-state index is 0.855. The van der Waals surface area contributed by atoms with Crippen LogP contribution in [0.3, 0.4) is 0 Å². The summed E-state index contributed by atoms with van der Waals surface area (Å²) in [5, 5.41) is 6.87. The van der Waals surface area contributed by atoms with Crippen molar-refractivity contribution in [3.05, 3.63) is 77.2 Å². The van der Waals surface area contributed by atoms with Crippen LogP contribution in [0.4, 0.5) is 0 Å². The lowest BCUT2D eigenvalue weighted by Crippen LogP contribution is -2.00. The molecule has 3 heterocycles. The summed E-state index contributed by atoms with van der Waals surface area (Å²) in [6, 6.07) is 17.9. The number of aryl methyl sites for hydroxylation is 3. The zero-order chi connectivity index (χ0) is 20.6. The predicted molar refractivity (Wildman–Crippen MR) is 125 cm³/mol. The summed E-state index contributed by atoms with van der Waals surface area (Å²) in [7, 11) is 0. The predicted octanol–water partition coefficient (Wildman–Crippen LogP) is 6.62. The highest BCUT2D eigenvalue weighted by Gasteiger charge is 2.07. The number of rotatable bonds is 11. The summed E-state index contributed by atoms with van der Waals surface area (Å²) in [5.41, 5.74) is 4.08. The van der Waals surface area contributed by atoms with Crippen molar-refractivity contribution in [1.82, 2.24) is 19.7 Å². The van der Waals surface area contributed by atoms with Gasteiger partial charge in [0.1, 0.15) is 6.33 Å². The van der Waals surface area contributed by atoms with Gasteiger partial charge in [-0.05, 0) is 74.1 Å². The second kappa shape index (κ2) is 10.4. The van der Waals surface area contributed by atoms with Crippen molar-refractivity contribution in [1.29, 1.82) is 0 Å². The first-order valence-electron chi connectivity index (χ1n) is 11.0. The van der Waals surface area contributed by atoms with E-state index in [1.807, 2.05) is 0 Å². The van der Waals surface area contributed by atoms with Crippen molar-refractivity contribution < 1.29 is 0 Å². The van der Waals surface area contributed by atoms with E-state index in [9.17, 15) is 0 Å². The maximum absolute atomic E-state index is 4.24. The van der Waals surface area contributed by atoms with Crippen molar-refractivity contribution in [3.8, 4) is 16.4 Å². The average molecular weight is 419 g/mol. The fraction of sp³-hybridized carbons (Fsp3) is 0.360. The van der Waals surface area contributed by atoms with Crippen LogP contribution in [0.25, 0.3) is 16.4 Å². The molecular formula is C25H30N4S. The molecule has 30 heavy (non-hydrogen) atoms. The van der Waals surface area contributed by atoms with Gasteiger partial charge in [-0.3, -0.25) is 5.10 Å². The minimum absolute atomic E-state index is 0.855. The largest absolute Gasteiger partial charge is 0.321 e. The standard InChI is InChI=1S/C25H30N4S/c1-2-3-4-5-8-20-12-14-22(15-13-20)29-18-7-10-21(29)9-6-11-23-16-17-24(30-23)25-26-19-27-28-25/h7,10,12-19H,2-6,8-9,11H2,1H3,(H,26,27,28). The van der Waals surface area contributed by atoms with Gasteiger partial charge in [-0.2, -0.15) is 5.10 Å². The molecule has 0 fully saturated rings. The molecule has 4 nitrogen and oxygen atoms in total. The average Bonchev–Trinajstić information content (AvgIpc) is 3.53. The van der Waals surface area contributed by atoms with Crippen LogP contribution < -0.4 is 0 Å². The molecule has 0 aliphatic heterocycles. The molecule has 0 bridgehead atoms. The van der Waals surface area contributed by atoms with E-state index in [2.05, 4.69) is 81.4 Å². The van der Waals surface area contributed by atoms with E-state index in [1.54, 1.807) is 17.7 Å². The van der Waals surface area contributed by atoms with Gasteiger partial charge >= 0.3 is 0 Å². The van der Waals surface area contributed by atoms with Gasteiger partial charge in [0.15, 0.2) is 5.82 Å². The Labute approximate surface area is 183 Å². The maximum atomic E-state index is 4.24. The molecule has 156 valence electrons. The van der Waals surface area contributed by atoms with Crippen LogP contribution in [0.15, 0.2) is 61.1 Å². The van der Waals surface area contributed by atoms with Crippen LogP contribution >= 0.6 is 11.3 Å². The zero-order valence-corrected chi connectivity index (χ0v) is 18.5. The van der Waals surface area contributed by atoms with E-state index in [0.29, 0.717) is 0 Å². The molecule has 4 rings (SSSR count). The number of hydrogen-bond acceptors (Lipinski definition) is 3. The highest BCUT2D eigenvalue weighted by molar-refractivity contribution is 7.15. The second-order valence-electron chi connectivity index (χ2n) is 7.80. The maximum Gasteiger partial charge on any atom is 0.165 e. The summed E-state index contributed by atoms with van der Waals surface area (Å²) < 4.78 is 2.33. The molecule has 0 unspecified atom stereocenters. The third kappa shape index (κ3) is 5.28. The molecule has 3 aromatic heterocycles. The van der Waals surface area contributed by atoms with Gasteiger partial charge in [-0.15, -0.1) is 11.3 Å². The smallest absolute Gasteiger partial charge is 0.165 e. The van der Waals surface area contributed by atoms with E-state index in [1.165, 1.54) is 53.9 Å². The second-order valence-corrected chi connectivity index (χ2v) is 8.97. The van der Waals surface area contributed by atoms with Gasteiger partial charge < -0.3 is 4.57 Å². The lowest BCUT2D eigenvalue weighted by molar-refractivity contribution is 0.667. The Morgan fingerprint density at radius 3 is 2.60 bits per heavy atom. The number of H-pyrrole nitrogens is 1. The van der Waals surface area contributed by atoms with Gasteiger partial charge in [-0.25, -0.2) is 4.98 Å². The molecule has 0 saturated carbocycles. The molecule has 0 saturated heterocycles. The van der Waals surface area contributed by atoms with Crippen molar-refractivity contribution in [2.45, 2.75) is 58.3 Å². The highest BCUT2D eigenvalue weighted by atomic mass is 32.1. The Morgan fingerprint density at radius 1 is 0.900 bits per heavy atom. The van der Waals surface area contributed by atoms with E-state index in [4.69, 9.17) is 0 Å². The van der Waals surface area contributed by atoms with Crippen molar-refractivity contribution in [2.75, 3.05) is 0 Å². The van der Waals surface area contributed by atoms with Crippen LogP contribution in [0, 0.1) is 0 Å². The molecule has 0 amide bonds. The molecule has 0 spiro atoms. The number of hydrogen-bond donors (Lipinski definition) is 1. The van der Waals surface area contributed by atoms with Crippen LogP contribution in [-0.2, 0) is 19.3 Å². The third-order valence-corrected chi connectivity index (χ3v) is 6.68. The quantitative estimate of drug-likeness (QED) is 0.278. The number of nitrogens with zero attached hydrogens (tertiary/aromatic N) is 3. The molecule has 0 aliphatic carbocycles. The number of thiophene rings is 1. The molecule has 1 N–H and O–H groups in total. The first-order chi connectivity index (χ1) is 14.8. The van der Waals surface area contributed by atoms with Gasteiger partial charge in [0.25, 0.3) is 0 Å². The third-order valence-electron chi connectivity index (χ3n) is 5.53. The van der Waals surface area contributed by atoms with Gasteiger partial charge in [0, 0.05) is 22.5 Å². The van der Waals surface area contributed by atoms with Gasteiger partial charge in [-0.1, -0.05) is 38.3 Å². The van der Waals surface area contributed by atoms with Crippen molar-refractivity contribution in [2.24, 2.45) is 0 Å². The molecule has 4 aromatic rings. The van der Waals surface area contributed by atoms with Crippen molar-refractivity contribution >= 4 is 11.3 Å². The van der Waals surface area contributed by atoms with Crippen LogP contribution in [-0.4, -0.2) is 19.7 Å². The molecule has 1 aromatic carbocycles. The van der Waals surface area contributed by atoms with Crippen LogP contribution in [0.1, 0.15) is 55.2 Å². The lowest BCUT2D eigenvalue weighted by Gasteiger charge is -2.10. The molecule has 5 heteroatoms. The summed E-state index contributed by atoms with van der Waals surface area (Å²) in [6.45, 7) is 2.26. The Hall–Kier alpha value is -2.66. The summed E-state index contributed by atoms with van der Waals surface area (Å²) in [5.74, 6) is 0.855. The van der Waals surface area contributed by atoms with E-state index in [0.717, 1.165) is 30.0 Å². The fourth-order valence-electron chi connectivity index (χ4n) is 3.86. The Morgan fingerprint density at radius 2 is 1.80 bits per heavy atom. The van der Waals surface area contributed by atoms with E-state index < -0.39 is 0 Å². The van der Waals surface area contributed by atoms with Crippen LogP contribution in [0.2, 0.25) is 0 Å². The first kappa shape index (κ1) is 20.6. The summed E-state index contributed by atoms with van der Waals surface area (Å²) in [4.78, 5) is 6.79. The lowest BCUT2D eigenvalue weighted by atomic mass is 10.1. The minimum Gasteiger partial charge on any atom is -0.321 e. The normalized spacial score (nSPS) is 11.2. The van der Waals surface area contributed by atoms with Gasteiger partial charge in [0.05, 0.1) is 4.88 Å². The molecule has 0 atom stereocenters. The SMILES string of the molecule is CCCCCCc1ccc(-n2cccc2CCCc2ccc(-c3ncn[nH]3)s2)cc1. The molecule has 0 radical (unpaired) electrons. The van der Waals surface area contributed by atoms with E-state index >= 15 is 0 Å². The summed E-state index contributed by atoms with van der Waals surface area (Å²) >= 11 is 1.80. The van der Waals surface area contributed by atoms with Crippen LogP contribution in [0.5, 0.6) is 0 Å². The van der Waals surface area contributed by atoms with Crippen molar-refractivity contribution in [3.63, 3.8) is 0 Å². The highest BCUT2D eigenvalue weighted by Crippen LogP contribution is 2.26. The number of unbranched alkanes of at least 4 members (excludes halogenated alkanes) is 3. The number of aromatic amines is 1. The Balaban J connectivity index is 1.31. The summed E-state index contributed by atoms with van der Waals surface area (Å²) in [6.07, 6.45) is 13.5. The zero-order valence-electron chi connectivity index (χ0n) is 17.7. The number of aromatic nitrogens is 4. The Bertz CT molecular complexity index is 1010.